The van der Waals surface area contributed by atoms with E-state index in [2.05, 4.69) is 41.4 Å². The normalized spacial score (nSPS) is 14.0. The highest BCUT2D eigenvalue weighted by Crippen LogP contribution is 2.17. The molecule has 3 rings (SSSR count). The highest BCUT2D eigenvalue weighted by Gasteiger charge is 2.11. The number of anilines is 1. The van der Waals surface area contributed by atoms with Crippen molar-refractivity contribution in [3.8, 4) is 5.75 Å². The van der Waals surface area contributed by atoms with E-state index in [1.807, 2.05) is 24.3 Å². The lowest BCUT2D eigenvalue weighted by atomic mass is 10.1. The molecule has 1 amide bonds. The Morgan fingerprint density at radius 1 is 1.07 bits per heavy atom. The molecule has 0 radical (unpaired) electrons. The topological polar surface area (TPSA) is 50.8 Å². The van der Waals surface area contributed by atoms with E-state index in [-0.39, 0.29) is 5.91 Å². The first-order chi connectivity index (χ1) is 13.8. The van der Waals surface area contributed by atoms with Crippen LogP contribution in [0.25, 0.3) is 0 Å². The minimum atomic E-state index is -0.0509. The number of hydrogen-bond donors (Lipinski definition) is 1. The Morgan fingerprint density at radius 2 is 1.79 bits per heavy atom. The van der Waals surface area contributed by atoms with Gasteiger partial charge in [0.25, 0.3) is 5.91 Å². The predicted molar refractivity (Wildman–Crippen MR) is 112 cm³/mol. The number of nitrogens with zero attached hydrogens (tertiary/aromatic N) is 1. The Morgan fingerprint density at radius 3 is 2.46 bits per heavy atom. The Kier molecular flexibility index (Phi) is 7.73. The maximum absolute atomic E-state index is 12.3. The lowest BCUT2D eigenvalue weighted by Gasteiger charge is -2.28. The fourth-order valence-electron chi connectivity index (χ4n) is 3.15. The average Bonchev–Trinajstić information content (AvgIpc) is 2.75. The molecule has 0 saturated carbocycles. The van der Waals surface area contributed by atoms with Crippen molar-refractivity contribution >= 4 is 11.6 Å². The van der Waals surface area contributed by atoms with Gasteiger partial charge in [0.1, 0.15) is 5.75 Å². The van der Waals surface area contributed by atoms with Gasteiger partial charge in [-0.3, -0.25) is 4.79 Å². The second-order valence-corrected chi connectivity index (χ2v) is 7.00. The minimum Gasteiger partial charge on any atom is -0.494 e. The number of morpholine rings is 1. The summed E-state index contributed by atoms with van der Waals surface area (Å²) in [5.41, 5.74) is 3.11. The predicted octanol–water partition coefficient (Wildman–Crippen LogP) is 3.67. The van der Waals surface area contributed by atoms with Crippen molar-refractivity contribution in [1.82, 2.24) is 5.32 Å². The number of nitrogens with one attached hydrogen (secondary N) is 1. The maximum Gasteiger partial charge on any atom is 0.251 e. The van der Waals surface area contributed by atoms with E-state index < -0.39 is 0 Å². The van der Waals surface area contributed by atoms with Crippen LogP contribution < -0.4 is 15.0 Å². The molecule has 1 fully saturated rings. The summed E-state index contributed by atoms with van der Waals surface area (Å²) >= 11 is 0. The smallest absolute Gasteiger partial charge is 0.251 e. The Bertz CT molecular complexity index is 723. The van der Waals surface area contributed by atoms with Crippen LogP contribution in [0.3, 0.4) is 0 Å². The third-order valence-electron chi connectivity index (χ3n) is 4.89. The van der Waals surface area contributed by atoms with Gasteiger partial charge in [0, 0.05) is 30.9 Å². The molecule has 1 aliphatic rings. The number of benzene rings is 2. The summed E-state index contributed by atoms with van der Waals surface area (Å²) in [4.78, 5) is 14.6. The Balaban J connectivity index is 1.42. The molecule has 0 spiro atoms. The number of rotatable bonds is 9. The van der Waals surface area contributed by atoms with Gasteiger partial charge >= 0.3 is 0 Å². The van der Waals surface area contributed by atoms with Gasteiger partial charge in [0.15, 0.2) is 0 Å². The summed E-state index contributed by atoms with van der Waals surface area (Å²) in [5.74, 6) is 0.760. The zero-order valence-corrected chi connectivity index (χ0v) is 16.7. The summed E-state index contributed by atoms with van der Waals surface area (Å²) in [7, 11) is 0. The van der Waals surface area contributed by atoms with E-state index in [1.165, 1.54) is 11.3 Å². The Hall–Kier alpha value is -2.53. The van der Waals surface area contributed by atoms with E-state index in [0.717, 1.165) is 51.3 Å². The number of unbranched alkanes of at least 4 members (excludes halogenated alkanes) is 1. The summed E-state index contributed by atoms with van der Waals surface area (Å²) < 4.78 is 11.0. The monoisotopic (exact) mass is 382 g/mol. The van der Waals surface area contributed by atoms with Crippen molar-refractivity contribution in [1.29, 1.82) is 0 Å². The van der Waals surface area contributed by atoms with Gasteiger partial charge < -0.3 is 19.7 Å². The summed E-state index contributed by atoms with van der Waals surface area (Å²) in [6, 6.07) is 15.9. The number of ether oxygens (including phenoxy) is 2. The van der Waals surface area contributed by atoms with Crippen molar-refractivity contribution < 1.29 is 14.3 Å². The van der Waals surface area contributed by atoms with E-state index in [4.69, 9.17) is 9.47 Å². The van der Waals surface area contributed by atoms with Crippen LogP contribution in [0.15, 0.2) is 48.5 Å². The van der Waals surface area contributed by atoms with Crippen molar-refractivity contribution in [2.75, 3.05) is 44.4 Å². The van der Waals surface area contributed by atoms with Crippen molar-refractivity contribution in [3.63, 3.8) is 0 Å². The molecular formula is C23H30N2O3. The number of amides is 1. The molecule has 0 aromatic heterocycles. The molecular weight excluding hydrogens is 352 g/mol. The lowest BCUT2D eigenvalue weighted by Crippen LogP contribution is -2.36. The third kappa shape index (κ3) is 5.99. The summed E-state index contributed by atoms with van der Waals surface area (Å²) in [5, 5.41) is 2.99. The van der Waals surface area contributed by atoms with E-state index in [1.54, 1.807) is 0 Å². The molecule has 0 atom stereocenters. The van der Waals surface area contributed by atoms with Crippen LogP contribution in [-0.2, 0) is 11.2 Å². The van der Waals surface area contributed by atoms with Crippen LogP contribution in [-0.4, -0.2) is 45.4 Å². The molecule has 5 nitrogen and oxygen atoms in total. The molecule has 150 valence electrons. The van der Waals surface area contributed by atoms with Crippen LogP contribution in [0.1, 0.15) is 35.7 Å². The van der Waals surface area contributed by atoms with Crippen molar-refractivity contribution in [2.45, 2.75) is 26.2 Å². The van der Waals surface area contributed by atoms with Crippen LogP contribution >= 0.6 is 0 Å². The first kappa shape index (κ1) is 20.2. The van der Waals surface area contributed by atoms with Gasteiger partial charge in [0.05, 0.1) is 19.8 Å². The van der Waals surface area contributed by atoms with Crippen molar-refractivity contribution in [3.05, 3.63) is 59.7 Å². The zero-order chi connectivity index (χ0) is 19.6. The summed E-state index contributed by atoms with van der Waals surface area (Å²) in [6.45, 7) is 6.93. The third-order valence-corrected chi connectivity index (χ3v) is 4.89. The lowest BCUT2D eigenvalue weighted by molar-refractivity contribution is 0.0954. The molecule has 5 heteroatoms. The molecule has 1 aliphatic heterocycles. The van der Waals surface area contributed by atoms with E-state index in [0.29, 0.717) is 18.7 Å². The zero-order valence-electron chi connectivity index (χ0n) is 16.7. The minimum absolute atomic E-state index is 0.0509. The first-order valence-electron chi connectivity index (χ1n) is 10.2. The maximum atomic E-state index is 12.3. The molecule has 0 bridgehead atoms. The standard InChI is InChI=1S/C23H30N2O3/c1-2-3-16-28-22-10-6-20(7-11-22)23(26)24-13-12-19-4-8-21(9-5-19)25-14-17-27-18-15-25/h4-11H,2-3,12-18H2,1H3,(H,24,26). The van der Waals surface area contributed by atoms with Gasteiger partial charge in [0.2, 0.25) is 0 Å². The van der Waals surface area contributed by atoms with Gasteiger partial charge in [-0.15, -0.1) is 0 Å². The molecule has 2 aromatic carbocycles. The first-order valence-corrected chi connectivity index (χ1v) is 10.2. The SMILES string of the molecule is CCCCOc1ccc(C(=O)NCCc2ccc(N3CCOCC3)cc2)cc1. The number of carbonyl (C=O) groups excluding carboxylic acids is 1. The second-order valence-electron chi connectivity index (χ2n) is 7.00. The molecule has 1 saturated heterocycles. The van der Waals surface area contributed by atoms with Gasteiger partial charge in [-0.2, -0.15) is 0 Å². The van der Waals surface area contributed by atoms with Crippen LogP contribution in [0.5, 0.6) is 5.75 Å². The summed E-state index contributed by atoms with van der Waals surface area (Å²) in [6.07, 6.45) is 2.96. The molecule has 1 N–H and O–H groups in total. The van der Waals surface area contributed by atoms with Crippen LogP contribution in [0.4, 0.5) is 5.69 Å². The number of hydrogen-bond acceptors (Lipinski definition) is 4. The van der Waals surface area contributed by atoms with Crippen LogP contribution in [0, 0.1) is 0 Å². The van der Waals surface area contributed by atoms with E-state index >= 15 is 0 Å². The Labute approximate surface area is 167 Å². The van der Waals surface area contributed by atoms with Gasteiger partial charge in [-0.25, -0.2) is 0 Å². The molecule has 0 unspecified atom stereocenters. The van der Waals surface area contributed by atoms with Crippen LogP contribution in [0.2, 0.25) is 0 Å². The molecule has 28 heavy (non-hydrogen) atoms. The fraction of sp³-hybridized carbons (Fsp3) is 0.435. The number of carbonyl (C=O) groups is 1. The highest BCUT2D eigenvalue weighted by molar-refractivity contribution is 5.94. The average molecular weight is 383 g/mol. The van der Waals surface area contributed by atoms with E-state index in [9.17, 15) is 4.79 Å². The molecule has 1 heterocycles. The second kappa shape index (κ2) is 10.7. The molecule has 2 aromatic rings. The van der Waals surface area contributed by atoms with Gasteiger partial charge in [-0.05, 0) is 54.8 Å². The fourth-order valence-corrected chi connectivity index (χ4v) is 3.15. The highest BCUT2D eigenvalue weighted by atomic mass is 16.5. The largest absolute Gasteiger partial charge is 0.494 e. The van der Waals surface area contributed by atoms with Crippen molar-refractivity contribution in [2.24, 2.45) is 0 Å². The molecule has 0 aliphatic carbocycles. The quantitative estimate of drug-likeness (QED) is 0.672. The van der Waals surface area contributed by atoms with Gasteiger partial charge in [-0.1, -0.05) is 25.5 Å².